The fourth-order valence-corrected chi connectivity index (χ4v) is 2.48. The molecule has 2 aromatic rings. The number of aromatic nitrogens is 1. The van der Waals surface area contributed by atoms with Crippen molar-refractivity contribution in [2.75, 3.05) is 12.5 Å². The number of ether oxygens (including phenoxy) is 1. The molecule has 0 aliphatic rings. The number of nitro benzene ring substituents is 1. The van der Waals surface area contributed by atoms with Crippen molar-refractivity contribution in [3.8, 4) is 5.75 Å². The summed E-state index contributed by atoms with van der Waals surface area (Å²) in [6, 6.07) is 6.44. The monoisotopic (exact) mass is 308 g/mol. The summed E-state index contributed by atoms with van der Waals surface area (Å²) in [6.07, 6.45) is 3.44. The van der Waals surface area contributed by atoms with Gasteiger partial charge in [-0.25, -0.2) is 0 Å². The lowest BCUT2D eigenvalue weighted by Crippen LogP contribution is -2.05. The number of halogens is 1. The molecule has 6 heteroatoms. The third-order valence-corrected chi connectivity index (χ3v) is 3.59. The first-order valence-corrected chi connectivity index (χ1v) is 7.38. The van der Waals surface area contributed by atoms with E-state index in [9.17, 15) is 10.1 Å². The number of rotatable bonds is 7. The van der Waals surface area contributed by atoms with E-state index in [1.165, 1.54) is 6.07 Å². The summed E-state index contributed by atoms with van der Waals surface area (Å²) in [5.41, 5.74) is 0.567. The van der Waals surface area contributed by atoms with Crippen molar-refractivity contribution in [1.29, 1.82) is 0 Å². The smallest absolute Gasteiger partial charge is 0.279 e. The van der Waals surface area contributed by atoms with E-state index in [0.717, 1.165) is 12.8 Å². The summed E-state index contributed by atoms with van der Waals surface area (Å²) in [5, 5.41) is 11.5. The van der Waals surface area contributed by atoms with Crippen LogP contribution in [0, 0.1) is 16.0 Å². The zero-order valence-corrected chi connectivity index (χ0v) is 12.5. The molecule has 0 saturated carbocycles. The first kappa shape index (κ1) is 15.5. The van der Waals surface area contributed by atoms with E-state index in [-0.39, 0.29) is 5.69 Å². The minimum Gasteiger partial charge on any atom is -0.491 e. The Kier molecular flexibility index (Phi) is 5.33. The number of benzene rings is 1. The molecule has 0 radical (unpaired) electrons. The Labute approximate surface area is 128 Å². The molecule has 0 aliphatic heterocycles. The van der Waals surface area contributed by atoms with E-state index in [0.29, 0.717) is 35.1 Å². The van der Waals surface area contributed by atoms with Gasteiger partial charge in [-0.05, 0) is 37.0 Å². The van der Waals surface area contributed by atoms with Gasteiger partial charge in [-0.3, -0.25) is 15.1 Å². The fourth-order valence-electron chi connectivity index (χ4n) is 2.11. The van der Waals surface area contributed by atoms with Gasteiger partial charge in [0.15, 0.2) is 0 Å². The number of fused-ring (bicyclic) bond motifs is 1. The number of hydrogen-bond donors (Lipinski definition) is 0. The van der Waals surface area contributed by atoms with Gasteiger partial charge in [0.25, 0.3) is 5.69 Å². The number of pyridine rings is 1. The molecule has 1 atom stereocenters. The molecule has 0 spiro atoms. The average Bonchev–Trinajstić information content (AvgIpc) is 2.47. The minimum absolute atomic E-state index is 0.0426. The van der Waals surface area contributed by atoms with Crippen molar-refractivity contribution in [3.05, 3.63) is 40.6 Å². The average molecular weight is 309 g/mol. The van der Waals surface area contributed by atoms with Gasteiger partial charge in [0, 0.05) is 18.1 Å². The van der Waals surface area contributed by atoms with Crippen LogP contribution in [0.25, 0.3) is 10.9 Å². The predicted molar refractivity (Wildman–Crippen MR) is 83.0 cm³/mol. The van der Waals surface area contributed by atoms with E-state index in [1.54, 1.807) is 24.4 Å². The van der Waals surface area contributed by atoms with Crippen LogP contribution in [-0.4, -0.2) is 22.4 Å². The fraction of sp³-hybridized carbons (Fsp3) is 0.400. The molecule has 0 saturated heterocycles. The second kappa shape index (κ2) is 7.22. The lowest BCUT2D eigenvalue weighted by molar-refractivity contribution is -0.383. The Morgan fingerprint density at radius 1 is 1.38 bits per heavy atom. The van der Waals surface area contributed by atoms with Crippen LogP contribution in [0.2, 0.25) is 0 Å². The molecule has 0 N–H and O–H groups in total. The highest BCUT2D eigenvalue weighted by molar-refractivity contribution is 6.17. The SMILES string of the molecule is CC(CCCl)CCOc1ccc([N+](=O)[O-])c2cccnc12. The summed E-state index contributed by atoms with van der Waals surface area (Å²) in [4.78, 5) is 14.8. The van der Waals surface area contributed by atoms with Crippen LogP contribution in [0.1, 0.15) is 19.8 Å². The van der Waals surface area contributed by atoms with Crippen LogP contribution in [0.15, 0.2) is 30.5 Å². The lowest BCUT2D eigenvalue weighted by atomic mass is 10.1. The second-order valence-corrected chi connectivity index (χ2v) is 5.34. The maximum atomic E-state index is 11.0. The van der Waals surface area contributed by atoms with Gasteiger partial charge in [-0.1, -0.05) is 6.92 Å². The van der Waals surface area contributed by atoms with Crippen molar-refractivity contribution in [3.63, 3.8) is 0 Å². The van der Waals surface area contributed by atoms with Crippen LogP contribution in [0.3, 0.4) is 0 Å². The first-order chi connectivity index (χ1) is 10.1. The molecule has 1 unspecified atom stereocenters. The quantitative estimate of drug-likeness (QED) is 0.437. The second-order valence-electron chi connectivity index (χ2n) is 4.96. The van der Waals surface area contributed by atoms with Gasteiger partial charge in [0.05, 0.1) is 16.9 Å². The number of nitro groups is 1. The molecule has 0 fully saturated rings. The maximum absolute atomic E-state index is 11.0. The summed E-state index contributed by atoms with van der Waals surface area (Å²) in [6.45, 7) is 2.67. The molecule has 112 valence electrons. The summed E-state index contributed by atoms with van der Waals surface area (Å²) in [5.74, 6) is 1.71. The zero-order valence-electron chi connectivity index (χ0n) is 11.8. The van der Waals surface area contributed by atoms with Crippen LogP contribution < -0.4 is 4.74 Å². The van der Waals surface area contributed by atoms with Crippen LogP contribution in [0.4, 0.5) is 5.69 Å². The molecular formula is C15H17ClN2O3. The molecule has 0 bridgehead atoms. The van der Waals surface area contributed by atoms with Crippen LogP contribution in [-0.2, 0) is 0 Å². The Morgan fingerprint density at radius 2 is 2.19 bits per heavy atom. The van der Waals surface area contributed by atoms with Crippen molar-refractivity contribution in [2.45, 2.75) is 19.8 Å². The highest BCUT2D eigenvalue weighted by Crippen LogP contribution is 2.31. The molecule has 1 aromatic heterocycles. The molecule has 2 rings (SSSR count). The van der Waals surface area contributed by atoms with E-state index in [4.69, 9.17) is 16.3 Å². The Balaban J connectivity index is 2.18. The van der Waals surface area contributed by atoms with Gasteiger partial charge in [0.2, 0.25) is 0 Å². The Bertz CT molecular complexity index is 633. The topological polar surface area (TPSA) is 65.3 Å². The summed E-state index contributed by atoms with van der Waals surface area (Å²) < 4.78 is 5.74. The van der Waals surface area contributed by atoms with Crippen molar-refractivity contribution < 1.29 is 9.66 Å². The third-order valence-electron chi connectivity index (χ3n) is 3.38. The number of nitrogens with zero attached hydrogens (tertiary/aromatic N) is 2. The van der Waals surface area contributed by atoms with E-state index >= 15 is 0 Å². The highest BCUT2D eigenvalue weighted by Gasteiger charge is 2.15. The normalized spacial score (nSPS) is 12.3. The molecular weight excluding hydrogens is 292 g/mol. The van der Waals surface area contributed by atoms with Crippen LogP contribution in [0.5, 0.6) is 5.75 Å². The number of alkyl halides is 1. The first-order valence-electron chi connectivity index (χ1n) is 6.84. The Hall–Kier alpha value is -1.88. The number of hydrogen-bond acceptors (Lipinski definition) is 4. The minimum atomic E-state index is -0.406. The summed E-state index contributed by atoms with van der Waals surface area (Å²) in [7, 11) is 0. The third kappa shape index (κ3) is 3.82. The maximum Gasteiger partial charge on any atom is 0.279 e. The van der Waals surface area contributed by atoms with Gasteiger partial charge >= 0.3 is 0 Å². The summed E-state index contributed by atoms with van der Waals surface area (Å²) >= 11 is 5.70. The van der Waals surface area contributed by atoms with Crippen molar-refractivity contribution in [2.24, 2.45) is 5.92 Å². The highest BCUT2D eigenvalue weighted by atomic mass is 35.5. The zero-order chi connectivity index (χ0) is 15.2. The van der Waals surface area contributed by atoms with Gasteiger partial charge in [-0.15, -0.1) is 11.6 Å². The van der Waals surface area contributed by atoms with E-state index < -0.39 is 4.92 Å². The van der Waals surface area contributed by atoms with E-state index in [1.807, 2.05) is 0 Å². The molecule has 0 amide bonds. The van der Waals surface area contributed by atoms with Crippen molar-refractivity contribution >= 4 is 28.2 Å². The molecule has 5 nitrogen and oxygen atoms in total. The lowest BCUT2D eigenvalue weighted by Gasteiger charge is -2.12. The number of non-ortho nitro benzene ring substituents is 1. The molecule has 1 heterocycles. The standard InChI is InChI=1S/C15H17ClN2O3/c1-11(6-8-16)7-10-21-14-5-4-13(18(19)20)12-3-2-9-17-15(12)14/h2-5,9,11H,6-8,10H2,1H3. The largest absolute Gasteiger partial charge is 0.491 e. The molecule has 1 aromatic carbocycles. The Morgan fingerprint density at radius 3 is 2.90 bits per heavy atom. The van der Waals surface area contributed by atoms with Gasteiger partial charge < -0.3 is 4.74 Å². The van der Waals surface area contributed by atoms with Crippen LogP contribution >= 0.6 is 11.6 Å². The van der Waals surface area contributed by atoms with Gasteiger partial charge in [0.1, 0.15) is 11.3 Å². The van der Waals surface area contributed by atoms with Crippen molar-refractivity contribution in [1.82, 2.24) is 4.98 Å². The van der Waals surface area contributed by atoms with E-state index in [2.05, 4.69) is 11.9 Å². The molecule has 21 heavy (non-hydrogen) atoms. The molecule has 0 aliphatic carbocycles. The predicted octanol–water partition coefficient (Wildman–Crippen LogP) is 4.18. The van der Waals surface area contributed by atoms with Gasteiger partial charge in [-0.2, -0.15) is 0 Å².